The molecule has 20 rings (SSSR count). The van der Waals surface area contributed by atoms with E-state index >= 15 is 0 Å². The van der Waals surface area contributed by atoms with Crippen LogP contribution < -0.4 is 26.2 Å². The Hall–Kier alpha value is -11.7. The van der Waals surface area contributed by atoms with Crippen LogP contribution in [-0.2, 0) is 56.2 Å². The topological polar surface area (TPSA) is 16.3 Å². The number of anilines is 4. The largest absolute Gasteiger partial charge is 0.342 e. The van der Waals surface area contributed by atoms with Gasteiger partial charge in [-0.15, -0.1) is 0 Å². The van der Waals surface area contributed by atoms with Gasteiger partial charge in [-0.1, -0.05) is 358 Å². The van der Waals surface area contributed by atoms with Crippen LogP contribution in [0.3, 0.4) is 0 Å². The van der Waals surface area contributed by atoms with Crippen molar-refractivity contribution in [1.29, 1.82) is 0 Å². The van der Waals surface area contributed by atoms with Crippen LogP contribution in [0.1, 0.15) is 248 Å². The zero-order chi connectivity index (χ0) is 94.3. The highest BCUT2D eigenvalue weighted by Crippen LogP contribution is 2.64. The minimum atomic E-state index is -0.581. The predicted molar refractivity (Wildman–Crippen MR) is 539 cm³/mol. The summed E-state index contributed by atoms with van der Waals surface area (Å²) in [5, 5.41) is 2.45. The van der Waals surface area contributed by atoms with E-state index in [2.05, 4.69) is 384 Å². The summed E-state index contributed by atoms with van der Waals surface area (Å²) in [4.78, 5) is 5.25. The smallest absolute Gasteiger partial charge is 0.252 e. The van der Waals surface area contributed by atoms with E-state index in [0.717, 1.165) is 82.5 Å². The molecule has 2 aliphatic carbocycles. The number of benzene rings is 14. The second-order valence-corrected chi connectivity index (χ2v) is 43.7. The molecule has 0 atom stereocenters. The summed E-state index contributed by atoms with van der Waals surface area (Å²) in [5.74, 6) is 0. The first-order chi connectivity index (χ1) is 62.7. The molecule has 4 aliphatic rings. The number of aryl methyl sites for hydroxylation is 2. The molecule has 4 nitrogen and oxygen atoms in total. The Kier molecular flexibility index (Phi) is 17.0. The van der Waals surface area contributed by atoms with Gasteiger partial charge in [0.25, 0.3) is 6.71 Å². The summed E-state index contributed by atoms with van der Waals surface area (Å²) in [6.45, 7) is 49.7. The summed E-state index contributed by atoms with van der Waals surface area (Å²) in [6.07, 6.45) is 4.10. The van der Waals surface area contributed by atoms with Gasteiger partial charge in [0.15, 0.2) is 0 Å². The lowest BCUT2D eigenvalue weighted by atomic mass is 9.33. The van der Waals surface area contributed by atoms with E-state index in [4.69, 9.17) is 2.74 Å². The van der Waals surface area contributed by atoms with Gasteiger partial charge in [0.1, 0.15) is 0 Å². The summed E-state index contributed by atoms with van der Waals surface area (Å²) >= 11 is 0. The Labute approximate surface area is 755 Å². The quantitative estimate of drug-likeness (QED) is 0.0845. The van der Waals surface area contributed by atoms with Crippen molar-refractivity contribution in [2.45, 2.75) is 221 Å². The van der Waals surface area contributed by atoms with E-state index in [1.165, 1.54) is 133 Å². The fourth-order valence-electron chi connectivity index (χ4n) is 21.2. The van der Waals surface area contributed by atoms with Gasteiger partial charge in [0.2, 0.25) is 0 Å². The third-order valence-electron chi connectivity index (χ3n) is 28.3. The van der Waals surface area contributed by atoms with E-state index in [1.54, 1.807) is 4.57 Å². The summed E-state index contributed by atoms with van der Waals surface area (Å²) < 4.78 is 80.1. The number of hydrogen-bond acceptors (Lipinski definition) is 2. The van der Waals surface area contributed by atoms with Crippen molar-refractivity contribution in [1.82, 2.24) is 9.13 Å². The van der Waals surface area contributed by atoms with Crippen LogP contribution >= 0.6 is 0 Å². The number of unbranched alkanes of at least 4 members (excludes halogenated alkanes) is 1. The molecular formula is C120H123BN4. The van der Waals surface area contributed by atoms with E-state index in [-0.39, 0.29) is 90.6 Å². The minimum absolute atomic E-state index is 0.0475. The maximum absolute atomic E-state index is 9.87. The highest BCUT2D eigenvalue weighted by Gasteiger charge is 2.52. The number of nitrogens with zero attached hydrogens (tertiary/aromatic N) is 4. The van der Waals surface area contributed by atoms with Crippen molar-refractivity contribution in [3.05, 3.63) is 351 Å². The van der Waals surface area contributed by atoms with Crippen LogP contribution in [0.25, 0.3) is 99.5 Å². The van der Waals surface area contributed by atoms with Gasteiger partial charge in [-0.25, -0.2) is 0 Å². The van der Waals surface area contributed by atoms with E-state index in [9.17, 15) is 8.22 Å². The summed E-state index contributed by atoms with van der Waals surface area (Å²) in [6, 6.07) is 85.9. The predicted octanol–water partition coefficient (Wildman–Crippen LogP) is 29.7. The van der Waals surface area contributed by atoms with Gasteiger partial charge in [-0.2, -0.15) is 0 Å². The maximum Gasteiger partial charge on any atom is 0.252 e. The molecule has 0 saturated heterocycles. The number of fused-ring (bicyclic) bond motifs is 20. The molecule has 626 valence electrons. The maximum atomic E-state index is 9.87. The first kappa shape index (κ1) is 72.6. The molecule has 0 fully saturated rings. The normalized spacial score (nSPS) is 15.1. The highest BCUT2D eigenvalue weighted by atomic mass is 15.2. The molecule has 1 spiro atoms. The van der Waals surface area contributed by atoms with Crippen molar-refractivity contribution in [2.24, 2.45) is 0 Å². The average molecular weight is 1640 g/mol. The van der Waals surface area contributed by atoms with Crippen molar-refractivity contribution in [3.63, 3.8) is 0 Å². The van der Waals surface area contributed by atoms with E-state index in [0.29, 0.717) is 18.8 Å². The average Bonchev–Trinajstić information content (AvgIpc) is 1.50. The van der Waals surface area contributed by atoms with Crippen molar-refractivity contribution in [3.8, 4) is 55.9 Å². The third kappa shape index (κ3) is 13.6. The fraction of sp³-hybridized carbons (Fsp3) is 0.300. The van der Waals surface area contributed by atoms with Crippen LogP contribution in [0, 0.1) is 0 Å². The lowest BCUT2D eigenvalue weighted by molar-refractivity contribution is 0.568. The zero-order valence-electron chi connectivity index (χ0n) is 85.3. The molecule has 125 heavy (non-hydrogen) atoms. The van der Waals surface area contributed by atoms with E-state index < -0.39 is 29.6 Å². The monoisotopic (exact) mass is 1640 g/mol. The number of rotatable bonds is 13. The third-order valence-corrected chi connectivity index (χ3v) is 28.3. The molecule has 0 unspecified atom stereocenters. The van der Waals surface area contributed by atoms with Gasteiger partial charge in [-0.3, -0.25) is 0 Å². The number of aromatic nitrogens is 2. The molecule has 2 aliphatic heterocycles. The van der Waals surface area contributed by atoms with Gasteiger partial charge in [-0.05, 0) is 270 Å². The Bertz CT molecular complexity index is 7410. The Morgan fingerprint density at radius 3 is 1.13 bits per heavy atom. The molecule has 16 aromatic rings. The SMILES string of the molecule is [2H]c1c([2H])c([2H])c2c(c1[2H])c1c([2H])c([2H])c([2H])c([2H])c1n2-c1ccc2c(c1)N(CCCc1ccc(C(C)(C)C)cc1-c1cc(C(C)(C)C)cc(C(C)(C)C)c1)c1cc(C(C)(C)C)cc3c1B2c1ccc(-n2c4ccccc4c4cc5c(cc42)C2(c4ccccc4-c4ccccc42)c2ccccc2-5)cc1N3CCCCc1ccc(C(C)(C)C)cc1-c1cc(C(C)(C)C)cc(C(C)(C)C)c1. The molecule has 0 N–H and O–H groups in total. The van der Waals surface area contributed by atoms with Crippen molar-refractivity contribution < 1.29 is 11.0 Å². The van der Waals surface area contributed by atoms with Crippen LogP contribution in [0.2, 0.25) is 0 Å². The fourth-order valence-corrected chi connectivity index (χ4v) is 21.2. The minimum Gasteiger partial charge on any atom is -0.342 e. The molecule has 5 heteroatoms. The van der Waals surface area contributed by atoms with E-state index in [1.807, 2.05) is 6.07 Å². The van der Waals surface area contributed by atoms with Gasteiger partial charge >= 0.3 is 0 Å². The van der Waals surface area contributed by atoms with Crippen LogP contribution in [-0.4, -0.2) is 28.9 Å². The number of para-hydroxylation sites is 3. The van der Waals surface area contributed by atoms with Gasteiger partial charge < -0.3 is 18.9 Å². The lowest BCUT2D eigenvalue weighted by Gasteiger charge is -2.45. The molecule has 4 heterocycles. The Morgan fingerprint density at radius 2 is 0.672 bits per heavy atom. The Morgan fingerprint density at radius 1 is 0.280 bits per heavy atom. The van der Waals surface area contributed by atoms with Crippen LogP contribution in [0.15, 0.2) is 279 Å². The molecule has 0 saturated carbocycles. The second-order valence-electron chi connectivity index (χ2n) is 43.7. The molecule has 0 bridgehead atoms. The first-order valence-corrected chi connectivity index (χ1v) is 45.7. The van der Waals surface area contributed by atoms with Crippen LogP contribution in [0.5, 0.6) is 0 Å². The molecule has 0 amide bonds. The first-order valence-electron chi connectivity index (χ1n) is 49.7. The molecule has 14 aromatic carbocycles. The molecular weight excluding hydrogens is 1510 g/mol. The second kappa shape index (κ2) is 29.2. The van der Waals surface area contributed by atoms with Gasteiger partial charge in [0.05, 0.1) is 38.4 Å². The summed E-state index contributed by atoms with van der Waals surface area (Å²) in [5.41, 5.74) is 36.9. The molecule has 2 aromatic heterocycles. The van der Waals surface area contributed by atoms with Crippen molar-refractivity contribution in [2.75, 3.05) is 22.9 Å². The summed E-state index contributed by atoms with van der Waals surface area (Å²) in [7, 11) is 0. The van der Waals surface area contributed by atoms with Crippen LogP contribution in [0.4, 0.5) is 22.7 Å². The highest BCUT2D eigenvalue weighted by molar-refractivity contribution is 7.00. The zero-order valence-corrected chi connectivity index (χ0v) is 77.3. The standard InChI is InChI=1S/C120H123BN4/c1-113(2,3)79-53-51-75(94(67-79)77-61-81(115(7,8)9)65-82(62-77)116(10,11)12)37-34-35-59-122-108-72-87(125-106-50-33-27-44-93(106)97-73-96-90-41-24-30-47-100(90)120(101(96)74-107(97)125)98-45-28-22-39-88(98)89-40-23-29-46-99(89)120)56-58-102(108)121-103-57-55-86(124-104-48-31-25-42-91(104)92-43-26-32-49-105(92)124)71-109(103)123(111-70-85(119(19,20)21)69-110(122)112(111)121)60-36-38-76-52-54-80(114(4,5)6)68-95(76)78-63-83(117(13,14)15)66-84(64-78)118(16,17)18/h22-33,39-58,61-74H,34-38,59-60H2,1-21H3/i25D,26D,31D,32D,42D,43D,48D,49D. The Balaban J connectivity index is 0.818. The molecule has 0 radical (unpaired) electrons. The van der Waals surface area contributed by atoms with Gasteiger partial charge in [0, 0.05) is 68.8 Å². The lowest BCUT2D eigenvalue weighted by Crippen LogP contribution is -2.62. The van der Waals surface area contributed by atoms with Crippen molar-refractivity contribution >= 4 is 89.5 Å². The number of hydrogen-bond donors (Lipinski definition) is 0.